The summed E-state index contributed by atoms with van der Waals surface area (Å²) in [6.45, 7) is 10.2. The molecule has 1 heterocycles. The van der Waals surface area contributed by atoms with Crippen molar-refractivity contribution in [3.63, 3.8) is 0 Å². The molecule has 2 aromatic rings. The predicted molar refractivity (Wildman–Crippen MR) is 134 cm³/mol. The highest BCUT2D eigenvalue weighted by molar-refractivity contribution is 6.12. The standard InChI is InChI=1S/C27H33NO7/c1-17(8-6-7-13-28-26(32)33)22-15-21(29)23(25(31)35-22)24(30)18(2)14-19-9-11-20(12-10-19)34-16-27(3,4)5/h7,9-15,17,28-29H,6,8,16H2,1-5H3,(H,32,33)/b13-7+,18-14+. The quantitative estimate of drug-likeness (QED) is 0.291. The molecule has 0 aliphatic carbocycles. The highest BCUT2D eigenvalue weighted by Gasteiger charge is 2.22. The zero-order valence-electron chi connectivity index (χ0n) is 20.8. The molecule has 0 aliphatic heterocycles. The summed E-state index contributed by atoms with van der Waals surface area (Å²) in [4.78, 5) is 35.8. The summed E-state index contributed by atoms with van der Waals surface area (Å²) in [5.74, 6) is -0.322. The molecule has 1 unspecified atom stereocenters. The van der Waals surface area contributed by atoms with Crippen molar-refractivity contribution in [2.24, 2.45) is 5.41 Å². The average molecular weight is 484 g/mol. The number of rotatable bonds is 10. The monoisotopic (exact) mass is 483 g/mol. The van der Waals surface area contributed by atoms with E-state index in [9.17, 15) is 19.5 Å². The molecule has 0 bridgehead atoms. The van der Waals surface area contributed by atoms with Gasteiger partial charge in [-0.05, 0) is 54.5 Å². The Hall–Kier alpha value is -3.81. The van der Waals surface area contributed by atoms with Crippen LogP contribution in [-0.4, -0.2) is 28.7 Å². The van der Waals surface area contributed by atoms with Crippen molar-refractivity contribution in [1.29, 1.82) is 0 Å². The smallest absolute Gasteiger partial charge is 0.408 e. The molecule has 0 saturated carbocycles. The van der Waals surface area contributed by atoms with E-state index in [0.717, 1.165) is 11.3 Å². The van der Waals surface area contributed by atoms with E-state index in [2.05, 4.69) is 26.1 Å². The van der Waals surface area contributed by atoms with Gasteiger partial charge in [0.05, 0.1) is 6.61 Å². The second kappa shape index (κ2) is 12.1. The van der Waals surface area contributed by atoms with Gasteiger partial charge in [0, 0.05) is 18.2 Å². The molecule has 1 aromatic heterocycles. The van der Waals surface area contributed by atoms with Crippen molar-refractivity contribution >= 4 is 18.0 Å². The van der Waals surface area contributed by atoms with Crippen LogP contribution in [-0.2, 0) is 0 Å². The van der Waals surface area contributed by atoms with E-state index >= 15 is 0 Å². The van der Waals surface area contributed by atoms with Crippen molar-refractivity contribution in [3.8, 4) is 11.5 Å². The van der Waals surface area contributed by atoms with Crippen LogP contribution >= 0.6 is 0 Å². The minimum atomic E-state index is -1.16. The van der Waals surface area contributed by atoms with Gasteiger partial charge in [-0.2, -0.15) is 0 Å². The highest BCUT2D eigenvalue weighted by Crippen LogP contribution is 2.26. The van der Waals surface area contributed by atoms with Crippen LogP contribution in [0.1, 0.15) is 75.1 Å². The maximum absolute atomic E-state index is 12.9. The Bertz CT molecular complexity index is 1150. The Morgan fingerprint density at radius 1 is 1.20 bits per heavy atom. The van der Waals surface area contributed by atoms with E-state index in [0.29, 0.717) is 19.4 Å². The molecule has 0 aliphatic rings. The number of carboxylic acid groups (broad SMARTS) is 1. The first-order valence-corrected chi connectivity index (χ1v) is 11.3. The summed E-state index contributed by atoms with van der Waals surface area (Å²) in [5.41, 5.74) is -0.260. The molecule has 188 valence electrons. The molecule has 35 heavy (non-hydrogen) atoms. The fraction of sp³-hybridized carbons (Fsp3) is 0.370. The Kier molecular flexibility index (Phi) is 9.45. The van der Waals surface area contributed by atoms with Gasteiger partial charge in [-0.3, -0.25) is 10.1 Å². The fourth-order valence-electron chi connectivity index (χ4n) is 3.13. The zero-order chi connectivity index (χ0) is 26.2. The van der Waals surface area contributed by atoms with E-state index in [1.807, 2.05) is 24.3 Å². The minimum Gasteiger partial charge on any atom is -0.507 e. The third kappa shape index (κ3) is 8.81. The van der Waals surface area contributed by atoms with Crippen LogP contribution < -0.4 is 15.7 Å². The van der Waals surface area contributed by atoms with Crippen LogP contribution in [0.4, 0.5) is 4.79 Å². The summed E-state index contributed by atoms with van der Waals surface area (Å²) in [7, 11) is 0. The number of benzene rings is 1. The number of ketones is 1. The molecule has 2 rings (SSSR count). The third-order valence-electron chi connectivity index (χ3n) is 5.05. The van der Waals surface area contributed by atoms with Gasteiger partial charge in [-0.25, -0.2) is 9.59 Å². The second-order valence-electron chi connectivity index (χ2n) is 9.60. The van der Waals surface area contributed by atoms with E-state index in [1.165, 1.54) is 12.3 Å². The molecule has 1 aromatic carbocycles. The maximum atomic E-state index is 12.9. The van der Waals surface area contributed by atoms with Crippen LogP contribution in [0.5, 0.6) is 11.5 Å². The lowest BCUT2D eigenvalue weighted by molar-refractivity contribution is 0.102. The molecule has 1 atom stereocenters. The van der Waals surface area contributed by atoms with Gasteiger partial charge in [0.2, 0.25) is 0 Å². The van der Waals surface area contributed by atoms with Crippen LogP contribution in [0.2, 0.25) is 0 Å². The molecular weight excluding hydrogens is 450 g/mol. The van der Waals surface area contributed by atoms with Gasteiger partial charge in [0.15, 0.2) is 5.78 Å². The predicted octanol–water partition coefficient (Wildman–Crippen LogP) is 5.72. The number of carbonyl (C=O) groups excluding carboxylic acids is 1. The molecule has 8 nitrogen and oxygen atoms in total. The second-order valence-corrected chi connectivity index (χ2v) is 9.60. The van der Waals surface area contributed by atoms with E-state index in [4.69, 9.17) is 14.3 Å². The van der Waals surface area contributed by atoms with Crippen molar-refractivity contribution < 1.29 is 29.0 Å². The van der Waals surface area contributed by atoms with Crippen molar-refractivity contribution in [2.45, 2.75) is 53.4 Å². The van der Waals surface area contributed by atoms with Crippen molar-refractivity contribution in [1.82, 2.24) is 5.32 Å². The summed E-state index contributed by atoms with van der Waals surface area (Å²) in [5, 5.41) is 21.1. The van der Waals surface area contributed by atoms with Crippen LogP contribution in [0, 0.1) is 5.41 Å². The van der Waals surface area contributed by atoms with Gasteiger partial charge in [-0.1, -0.05) is 45.9 Å². The topological polar surface area (TPSA) is 126 Å². The van der Waals surface area contributed by atoms with Gasteiger partial charge < -0.3 is 19.4 Å². The maximum Gasteiger partial charge on any atom is 0.408 e. The lowest BCUT2D eigenvalue weighted by Crippen LogP contribution is -2.17. The van der Waals surface area contributed by atoms with Crippen molar-refractivity contribution in [2.75, 3.05) is 6.61 Å². The molecule has 0 fully saturated rings. The SMILES string of the molecule is C/C(=C\c1ccc(OCC(C)(C)C)cc1)C(=O)c1c(O)cc(C(C)CC/C=C/NC(=O)O)oc1=O. The lowest BCUT2D eigenvalue weighted by atomic mass is 9.98. The number of carbonyl (C=O) groups is 2. The average Bonchev–Trinajstić information content (AvgIpc) is 2.76. The minimum absolute atomic E-state index is 0.0362. The number of amides is 1. The molecule has 0 spiro atoms. The first-order valence-electron chi connectivity index (χ1n) is 11.3. The van der Waals surface area contributed by atoms with Crippen molar-refractivity contribution in [3.05, 3.63) is 75.5 Å². The number of hydrogen-bond donors (Lipinski definition) is 3. The Morgan fingerprint density at radius 3 is 2.43 bits per heavy atom. The van der Waals surface area contributed by atoms with Gasteiger partial charge >= 0.3 is 11.7 Å². The van der Waals surface area contributed by atoms with Gasteiger partial charge in [0.1, 0.15) is 22.8 Å². The van der Waals surface area contributed by atoms with Crippen LogP contribution in [0.15, 0.2) is 57.4 Å². The number of ether oxygens (including phenoxy) is 1. The normalized spacial score (nSPS) is 13.0. The largest absolute Gasteiger partial charge is 0.507 e. The fourth-order valence-corrected chi connectivity index (χ4v) is 3.13. The lowest BCUT2D eigenvalue weighted by Gasteiger charge is -2.18. The number of nitrogens with one attached hydrogen (secondary N) is 1. The molecular formula is C27H33NO7. The van der Waals surface area contributed by atoms with E-state index in [1.54, 1.807) is 26.0 Å². The zero-order valence-corrected chi connectivity index (χ0v) is 20.8. The van der Waals surface area contributed by atoms with Gasteiger partial charge in [0.25, 0.3) is 0 Å². The number of aromatic hydroxyl groups is 1. The summed E-state index contributed by atoms with van der Waals surface area (Å²) < 4.78 is 11.1. The number of hydrogen-bond acceptors (Lipinski definition) is 6. The molecule has 8 heteroatoms. The molecule has 0 saturated heterocycles. The first kappa shape index (κ1) is 27.4. The molecule has 1 amide bonds. The summed E-state index contributed by atoms with van der Waals surface area (Å²) in [6.07, 6.45) is 4.49. The Balaban J connectivity index is 2.11. The summed E-state index contributed by atoms with van der Waals surface area (Å²) in [6, 6.07) is 8.52. The van der Waals surface area contributed by atoms with E-state index in [-0.39, 0.29) is 22.7 Å². The van der Waals surface area contributed by atoms with Gasteiger partial charge in [-0.15, -0.1) is 0 Å². The third-order valence-corrected chi connectivity index (χ3v) is 5.05. The first-order chi connectivity index (χ1) is 16.4. The van der Waals surface area contributed by atoms with E-state index < -0.39 is 28.8 Å². The molecule has 3 N–H and O–H groups in total. The van der Waals surface area contributed by atoms with Crippen LogP contribution in [0.3, 0.4) is 0 Å². The van der Waals surface area contributed by atoms with Crippen LogP contribution in [0.25, 0.3) is 6.08 Å². The summed E-state index contributed by atoms with van der Waals surface area (Å²) >= 11 is 0. The Labute approximate surface area is 204 Å². The Morgan fingerprint density at radius 2 is 1.86 bits per heavy atom. The molecule has 0 radical (unpaired) electrons. The number of Topliss-reactive ketones (excluding diaryl/α,β-unsaturated/α-hetero) is 1. The number of allylic oxidation sites excluding steroid dienone is 2. The highest BCUT2D eigenvalue weighted by atomic mass is 16.5.